The van der Waals surface area contributed by atoms with Gasteiger partial charge in [0.15, 0.2) is 5.96 Å². The lowest BCUT2D eigenvalue weighted by Crippen LogP contribution is -2.26. The molecule has 82 valence electrons. The number of rotatable bonds is 1. The fourth-order valence-corrected chi connectivity index (χ4v) is 1.98. The Morgan fingerprint density at radius 2 is 2.31 bits per heavy atom. The summed E-state index contributed by atoms with van der Waals surface area (Å²) in [7, 11) is 0. The van der Waals surface area contributed by atoms with Gasteiger partial charge in [-0.25, -0.2) is 0 Å². The Morgan fingerprint density at radius 1 is 1.38 bits per heavy atom. The monoisotopic (exact) mass is 216 g/mol. The van der Waals surface area contributed by atoms with Crippen LogP contribution in [0.25, 0.3) is 0 Å². The number of fused-ring (bicyclic) bond motifs is 1. The summed E-state index contributed by atoms with van der Waals surface area (Å²) in [5.41, 5.74) is 2.86. The summed E-state index contributed by atoms with van der Waals surface area (Å²) >= 11 is 0. The van der Waals surface area contributed by atoms with E-state index < -0.39 is 0 Å². The molecule has 0 radical (unpaired) electrons. The molecule has 3 rings (SSSR count). The Labute approximate surface area is 93.0 Å². The van der Waals surface area contributed by atoms with Crippen LogP contribution in [0.4, 0.5) is 11.4 Å². The number of amides is 1. The highest BCUT2D eigenvalue weighted by Crippen LogP contribution is 2.29. The molecule has 3 N–H and O–H groups in total. The second kappa shape index (κ2) is 3.52. The second-order valence-corrected chi connectivity index (χ2v) is 3.84. The molecule has 1 aromatic carbocycles. The number of nitrogens with one attached hydrogen (secondary N) is 3. The quantitative estimate of drug-likeness (QED) is 0.642. The third-order valence-corrected chi connectivity index (χ3v) is 2.71. The highest BCUT2D eigenvalue weighted by atomic mass is 16.1. The smallest absolute Gasteiger partial charge is 0.228 e. The van der Waals surface area contributed by atoms with E-state index in [0.717, 1.165) is 36.0 Å². The number of aliphatic imine (C=N–C) groups is 1. The molecule has 1 aromatic rings. The van der Waals surface area contributed by atoms with Gasteiger partial charge in [0.2, 0.25) is 5.91 Å². The molecule has 0 saturated heterocycles. The maximum atomic E-state index is 11.3. The molecule has 2 aliphatic rings. The molecule has 0 aliphatic carbocycles. The molecule has 0 saturated carbocycles. The molecule has 5 nitrogen and oxygen atoms in total. The van der Waals surface area contributed by atoms with E-state index in [4.69, 9.17) is 0 Å². The SMILES string of the molecule is O=C1Cc2c(cccc2NC2=NCCN2)N1. The summed E-state index contributed by atoms with van der Waals surface area (Å²) in [5, 5.41) is 9.17. The van der Waals surface area contributed by atoms with E-state index in [0.29, 0.717) is 6.42 Å². The summed E-state index contributed by atoms with van der Waals surface area (Å²) in [6, 6.07) is 5.79. The summed E-state index contributed by atoms with van der Waals surface area (Å²) < 4.78 is 0. The molecule has 1 amide bonds. The Balaban J connectivity index is 1.90. The van der Waals surface area contributed by atoms with Gasteiger partial charge >= 0.3 is 0 Å². The number of guanidine groups is 1. The average Bonchev–Trinajstić information content (AvgIpc) is 2.86. The van der Waals surface area contributed by atoms with Crippen LogP contribution in [-0.4, -0.2) is 25.0 Å². The van der Waals surface area contributed by atoms with E-state index in [1.807, 2.05) is 18.2 Å². The van der Waals surface area contributed by atoms with Gasteiger partial charge in [0.1, 0.15) is 0 Å². The lowest BCUT2D eigenvalue weighted by Gasteiger charge is -2.10. The first-order valence-electron chi connectivity index (χ1n) is 5.30. The minimum atomic E-state index is 0.0468. The van der Waals surface area contributed by atoms with Gasteiger partial charge in [-0.15, -0.1) is 0 Å². The molecule has 0 bridgehead atoms. The zero-order chi connectivity index (χ0) is 11.0. The van der Waals surface area contributed by atoms with Gasteiger partial charge in [0, 0.05) is 23.5 Å². The number of hydrogen-bond donors (Lipinski definition) is 3. The van der Waals surface area contributed by atoms with Gasteiger partial charge in [-0.2, -0.15) is 0 Å². The lowest BCUT2D eigenvalue weighted by atomic mass is 10.1. The number of carbonyl (C=O) groups is 1. The van der Waals surface area contributed by atoms with Crippen LogP contribution in [0.3, 0.4) is 0 Å². The number of benzene rings is 1. The average molecular weight is 216 g/mol. The fourth-order valence-electron chi connectivity index (χ4n) is 1.98. The van der Waals surface area contributed by atoms with Crippen LogP contribution in [0.1, 0.15) is 5.56 Å². The highest BCUT2D eigenvalue weighted by Gasteiger charge is 2.21. The number of carbonyl (C=O) groups excluding carboxylic acids is 1. The van der Waals surface area contributed by atoms with E-state index in [-0.39, 0.29) is 5.91 Å². The Morgan fingerprint density at radius 3 is 3.12 bits per heavy atom. The van der Waals surface area contributed by atoms with Crippen molar-refractivity contribution in [1.82, 2.24) is 5.32 Å². The molecule has 0 unspecified atom stereocenters. The molecule has 16 heavy (non-hydrogen) atoms. The molecule has 0 aromatic heterocycles. The first-order valence-corrected chi connectivity index (χ1v) is 5.30. The van der Waals surface area contributed by atoms with Crippen LogP contribution in [-0.2, 0) is 11.2 Å². The van der Waals surface area contributed by atoms with Crippen molar-refractivity contribution in [3.63, 3.8) is 0 Å². The summed E-state index contributed by atoms with van der Waals surface area (Å²) in [4.78, 5) is 15.6. The van der Waals surface area contributed by atoms with Crippen molar-refractivity contribution in [2.75, 3.05) is 23.7 Å². The molecule has 2 aliphatic heterocycles. The van der Waals surface area contributed by atoms with Crippen LogP contribution in [0.15, 0.2) is 23.2 Å². The van der Waals surface area contributed by atoms with E-state index in [1.54, 1.807) is 0 Å². The Kier molecular flexibility index (Phi) is 2.02. The number of anilines is 2. The molecular formula is C11H12N4O. The van der Waals surface area contributed by atoms with E-state index >= 15 is 0 Å². The molecular weight excluding hydrogens is 204 g/mol. The summed E-state index contributed by atoms with van der Waals surface area (Å²) in [6.07, 6.45) is 0.436. The van der Waals surface area contributed by atoms with Crippen molar-refractivity contribution in [3.8, 4) is 0 Å². The Bertz CT molecular complexity index is 481. The van der Waals surface area contributed by atoms with Crippen LogP contribution >= 0.6 is 0 Å². The molecule has 0 spiro atoms. The van der Waals surface area contributed by atoms with Crippen molar-refractivity contribution in [2.24, 2.45) is 4.99 Å². The van der Waals surface area contributed by atoms with Crippen molar-refractivity contribution < 1.29 is 4.79 Å². The lowest BCUT2D eigenvalue weighted by molar-refractivity contribution is -0.115. The zero-order valence-electron chi connectivity index (χ0n) is 8.71. The van der Waals surface area contributed by atoms with E-state index in [2.05, 4.69) is 20.9 Å². The van der Waals surface area contributed by atoms with Crippen LogP contribution < -0.4 is 16.0 Å². The van der Waals surface area contributed by atoms with E-state index in [9.17, 15) is 4.79 Å². The first-order chi connectivity index (χ1) is 7.83. The summed E-state index contributed by atoms with van der Waals surface area (Å²) in [6.45, 7) is 1.67. The Hall–Kier alpha value is -2.04. The summed E-state index contributed by atoms with van der Waals surface area (Å²) in [5.74, 6) is 0.832. The number of hydrogen-bond acceptors (Lipinski definition) is 4. The van der Waals surface area contributed by atoms with Crippen molar-refractivity contribution in [1.29, 1.82) is 0 Å². The predicted octanol–water partition coefficient (Wildman–Crippen LogP) is 0.552. The minimum absolute atomic E-state index is 0.0468. The predicted molar refractivity (Wildman–Crippen MR) is 62.7 cm³/mol. The van der Waals surface area contributed by atoms with Crippen molar-refractivity contribution >= 4 is 23.2 Å². The van der Waals surface area contributed by atoms with Crippen LogP contribution in [0.2, 0.25) is 0 Å². The van der Waals surface area contributed by atoms with Gasteiger partial charge in [0.05, 0.1) is 13.0 Å². The standard InChI is InChI=1S/C11H12N4O/c16-10-6-7-8(14-10)2-1-3-9(7)15-11-12-4-5-13-11/h1-3H,4-6H2,(H,14,16)(H2,12,13,15). The molecule has 0 fully saturated rings. The third-order valence-electron chi connectivity index (χ3n) is 2.71. The third kappa shape index (κ3) is 1.50. The molecule has 5 heteroatoms. The fraction of sp³-hybridized carbons (Fsp3) is 0.273. The minimum Gasteiger partial charge on any atom is -0.354 e. The topological polar surface area (TPSA) is 65.5 Å². The maximum absolute atomic E-state index is 11.3. The molecule has 0 atom stereocenters. The van der Waals surface area contributed by atoms with Crippen LogP contribution in [0, 0.1) is 0 Å². The van der Waals surface area contributed by atoms with E-state index in [1.165, 1.54) is 0 Å². The van der Waals surface area contributed by atoms with Gasteiger partial charge < -0.3 is 16.0 Å². The van der Waals surface area contributed by atoms with Gasteiger partial charge in [-0.1, -0.05) is 6.07 Å². The van der Waals surface area contributed by atoms with Crippen molar-refractivity contribution in [2.45, 2.75) is 6.42 Å². The zero-order valence-corrected chi connectivity index (χ0v) is 8.71. The maximum Gasteiger partial charge on any atom is 0.228 e. The van der Waals surface area contributed by atoms with Crippen LogP contribution in [0.5, 0.6) is 0 Å². The number of nitrogens with zero attached hydrogens (tertiary/aromatic N) is 1. The van der Waals surface area contributed by atoms with Gasteiger partial charge in [-0.3, -0.25) is 9.79 Å². The van der Waals surface area contributed by atoms with Gasteiger partial charge in [0.25, 0.3) is 0 Å². The second-order valence-electron chi connectivity index (χ2n) is 3.84. The first kappa shape index (κ1) is 9.21. The normalized spacial score (nSPS) is 17.5. The van der Waals surface area contributed by atoms with Crippen molar-refractivity contribution in [3.05, 3.63) is 23.8 Å². The molecule has 2 heterocycles. The largest absolute Gasteiger partial charge is 0.354 e. The highest BCUT2D eigenvalue weighted by molar-refractivity contribution is 6.04. The van der Waals surface area contributed by atoms with Gasteiger partial charge in [-0.05, 0) is 12.1 Å².